The van der Waals surface area contributed by atoms with E-state index in [-0.39, 0.29) is 17.5 Å². The molecule has 1 aliphatic carbocycles. The maximum atomic E-state index is 12.5. The molecule has 0 spiro atoms. The molecule has 6 heteroatoms. The number of benzene rings is 1. The van der Waals surface area contributed by atoms with E-state index in [1.807, 2.05) is 18.2 Å². The molecule has 2 rings (SSSR count). The fourth-order valence-corrected chi connectivity index (χ4v) is 5.21. The van der Waals surface area contributed by atoms with E-state index in [0.717, 1.165) is 37.7 Å². The van der Waals surface area contributed by atoms with Gasteiger partial charge in [0.15, 0.2) is 0 Å². The molecule has 1 saturated carbocycles. The molecule has 1 fully saturated rings. The number of halogens is 2. The van der Waals surface area contributed by atoms with E-state index in [1.165, 1.54) is 6.42 Å². The van der Waals surface area contributed by atoms with Crippen LogP contribution in [0.4, 0.5) is 0 Å². The summed E-state index contributed by atoms with van der Waals surface area (Å²) in [6.07, 6.45) is 6.12. The Kier molecular flexibility index (Phi) is 7.34. The van der Waals surface area contributed by atoms with Crippen molar-refractivity contribution in [3.8, 4) is 11.8 Å². The summed E-state index contributed by atoms with van der Waals surface area (Å²) in [7, 11) is 1.63. The number of amides is 1. The number of ether oxygens (including phenoxy) is 1. The molecule has 2 atom stereocenters. The van der Waals surface area contributed by atoms with E-state index >= 15 is 0 Å². The number of nitrogens with zero attached hydrogens (tertiary/aromatic N) is 1. The van der Waals surface area contributed by atoms with Crippen molar-refractivity contribution in [2.45, 2.75) is 38.6 Å². The number of hydrogen-bond acceptors (Lipinski definition) is 3. The van der Waals surface area contributed by atoms with Crippen molar-refractivity contribution in [1.29, 1.82) is 5.26 Å². The molecule has 0 heterocycles. The fourth-order valence-electron chi connectivity index (χ4n) is 2.95. The van der Waals surface area contributed by atoms with Gasteiger partial charge in [0.05, 0.1) is 14.3 Å². The molecule has 24 heavy (non-hydrogen) atoms. The topological polar surface area (TPSA) is 62.1 Å². The lowest BCUT2D eigenvalue weighted by atomic mass is 9.86. The number of methoxy groups -OCH3 is 1. The Labute approximate surface area is 170 Å². The van der Waals surface area contributed by atoms with Crippen molar-refractivity contribution in [2.75, 3.05) is 7.11 Å². The van der Waals surface area contributed by atoms with Crippen LogP contribution in [-0.2, 0) is 4.79 Å². The highest BCUT2D eigenvalue weighted by Crippen LogP contribution is 2.29. The summed E-state index contributed by atoms with van der Waals surface area (Å²) in [6.45, 7) is 2.16. The van der Waals surface area contributed by atoms with Gasteiger partial charge in [-0.15, -0.1) is 0 Å². The first-order valence-electron chi connectivity index (χ1n) is 7.92. The zero-order valence-electron chi connectivity index (χ0n) is 13.7. The first kappa shape index (κ1) is 19.5. The number of nitrogens with one attached hydrogen (secondary N) is 1. The largest absolute Gasteiger partial charge is 0.495 e. The van der Waals surface area contributed by atoms with Gasteiger partial charge in [-0.1, -0.05) is 19.8 Å². The normalized spacial score (nSPS) is 21.0. The average Bonchev–Trinajstić information content (AvgIpc) is 2.54. The molecule has 1 amide bonds. The van der Waals surface area contributed by atoms with Gasteiger partial charge in [-0.05, 0) is 87.7 Å². The number of hydrogen-bond donors (Lipinski definition) is 1. The molecule has 1 N–H and O–H groups in total. The minimum atomic E-state index is -0.280. The Morgan fingerprint density at radius 2 is 1.96 bits per heavy atom. The molecule has 0 aromatic heterocycles. The van der Waals surface area contributed by atoms with Gasteiger partial charge in [-0.25, -0.2) is 0 Å². The highest BCUT2D eigenvalue weighted by Gasteiger charge is 2.24. The molecule has 1 aromatic rings. The average molecular weight is 550 g/mol. The second-order valence-electron chi connectivity index (χ2n) is 6.03. The summed E-state index contributed by atoms with van der Waals surface area (Å²) in [5.41, 5.74) is 0.970. The van der Waals surface area contributed by atoms with E-state index in [1.54, 1.807) is 13.2 Å². The van der Waals surface area contributed by atoms with Crippen molar-refractivity contribution < 1.29 is 9.53 Å². The van der Waals surface area contributed by atoms with Crippen LogP contribution in [-0.4, -0.2) is 19.1 Å². The first-order valence-corrected chi connectivity index (χ1v) is 10.1. The van der Waals surface area contributed by atoms with Crippen LogP contribution >= 0.6 is 45.2 Å². The van der Waals surface area contributed by atoms with Crippen LogP contribution in [0, 0.1) is 24.4 Å². The van der Waals surface area contributed by atoms with Crippen molar-refractivity contribution >= 4 is 57.2 Å². The van der Waals surface area contributed by atoms with Crippen LogP contribution in [0.5, 0.6) is 5.75 Å². The molecule has 1 aliphatic rings. The number of carbonyl (C=O) groups excluding carboxylic acids is 1. The Morgan fingerprint density at radius 1 is 1.33 bits per heavy atom. The minimum absolute atomic E-state index is 0.143. The molecule has 0 saturated heterocycles. The van der Waals surface area contributed by atoms with Gasteiger partial charge < -0.3 is 10.1 Å². The zero-order chi connectivity index (χ0) is 17.7. The van der Waals surface area contributed by atoms with Gasteiger partial charge >= 0.3 is 0 Å². The third-order valence-corrected chi connectivity index (χ3v) is 5.93. The van der Waals surface area contributed by atoms with Crippen LogP contribution in [0.3, 0.4) is 0 Å². The van der Waals surface area contributed by atoms with Gasteiger partial charge in [-0.3, -0.25) is 4.79 Å². The van der Waals surface area contributed by atoms with Crippen molar-refractivity contribution in [2.24, 2.45) is 5.92 Å². The zero-order valence-corrected chi connectivity index (χ0v) is 18.0. The first-order chi connectivity index (χ1) is 11.5. The quantitative estimate of drug-likeness (QED) is 0.341. The SMILES string of the molecule is COc1c(I)cc(/C=C(\C#N)C(=O)N[C@@H]2CCCC[C@@H]2C)cc1I. The summed E-state index contributed by atoms with van der Waals surface area (Å²) >= 11 is 4.38. The molecule has 4 nitrogen and oxygen atoms in total. The third kappa shape index (κ3) is 4.85. The Hall–Kier alpha value is -0.820. The number of nitriles is 1. The van der Waals surface area contributed by atoms with Gasteiger partial charge in [0.2, 0.25) is 0 Å². The second-order valence-corrected chi connectivity index (χ2v) is 8.35. The smallest absolute Gasteiger partial charge is 0.262 e. The van der Waals surface area contributed by atoms with Crippen LogP contribution in [0.1, 0.15) is 38.2 Å². The van der Waals surface area contributed by atoms with Crippen molar-refractivity contribution in [3.63, 3.8) is 0 Å². The highest BCUT2D eigenvalue weighted by molar-refractivity contribution is 14.1. The van der Waals surface area contributed by atoms with Crippen molar-refractivity contribution in [1.82, 2.24) is 5.32 Å². The fraction of sp³-hybridized carbons (Fsp3) is 0.444. The highest BCUT2D eigenvalue weighted by atomic mass is 127. The summed E-state index contributed by atoms with van der Waals surface area (Å²) < 4.78 is 7.24. The number of carbonyl (C=O) groups is 1. The van der Waals surface area contributed by atoms with Gasteiger partial charge in [0.1, 0.15) is 17.4 Å². The summed E-state index contributed by atoms with van der Waals surface area (Å²) in [4.78, 5) is 12.5. The van der Waals surface area contributed by atoms with E-state index in [4.69, 9.17) is 4.74 Å². The monoisotopic (exact) mass is 550 g/mol. The standard InChI is InChI=1S/C18H20I2N2O2/c1-11-5-3-4-6-16(11)22-18(23)13(10-21)7-12-8-14(19)17(24-2)15(20)9-12/h7-9,11,16H,3-6H2,1-2H3,(H,22,23)/b13-7+/t11-,16+/m0/s1. The summed E-state index contributed by atoms with van der Waals surface area (Å²) in [6, 6.07) is 6.03. The van der Waals surface area contributed by atoms with Gasteiger partial charge in [0, 0.05) is 6.04 Å². The molecule has 0 aliphatic heterocycles. The molecule has 0 unspecified atom stereocenters. The molecule has 1 aromatic carbocycles. The maximum absolute atomic E-state index is 12.5. The van der Waals surface area contributed by atoms with E-state index in [2.05, 4.69) is 57.4 Å². The third-order valence-electron chi connectivity index (χ3n) is 4.33. The molecular formula is C18H20I2N2O2. The Balaban J connectivity index is 2.19. The predicted octanol–water partition coefficient (Wildman–Crippen LogP) is 4.51. The van der Waals surface area contributed by atoms with Crippen LogP contribution < -0.4 is 10.1 Å². The van der Waals surface area contributed by atoms with E-state index < -0.39 is 0 Å². The Bertz CT molecular complexity index is 672. The summed E-state index contributed by atoms with van der Waals surface area (Å²) in [5, 5.41) is 12.4. The lowest BCUT2D eigenvalue weighted by Crippen LogP contribution is -2.41. The van der Waals surface area contributed by atoms with Crippen molar-refractivity contribution in [3.05, 3.63) is 30.4 Å². The maximum Gasteiger partial charge on any atom is 0.262 e. The van der Waals surface area contributed by atoms with Crippen LogP contribution in [0.15, 0.2) is 17.7 Å². The molecule has 0 radical (unpaired) electrons. The number of rotatable bonds is 4. The molecule has 128 valence electrons. The van der Waals surface area contributed by atoms with E-state index in [9.17, 15) is 10.1 Å². The second kappa shape index (κ2) is 9.04. The van der Waals surface area contributed by atoms with Gasteiger partial charge in [0.25, 0.3) is 5.91 Å². The van der Waals surface area contributed by atoms with Crippen LogP contribution in [0.2, 0.25) is 0 Å². The lowest BCUT2D eigenvalue weighted by Gasteiger charge is -2.29. The van der Waals surface area contributed by atoms with E-state index in [0.29, 0.717) is 5.92 Å². The predicted molar refractivity (Wildman–Crippen MR) is 112 cm³/mol. The molecular weight excluding hydrogens is 530 g/mol. The Morgan fingerprint density at radius 3 is 2.50 bits per heavy atom. The minimum Gasteiger partial charge on any atom is -0.495 e. The lowest BCUT2D eigenvalue weighted by molar-refractivity contribution is -0.118. The van der Waals surface area contributed by atoms with Gasteiger partial charge in [-0.2, -0.15) is 5.26 Å². The van der Waals surface area contributed by atoms with Crippen LogP contribution in [0.25, 0.3) is 6.08 Å². The summed E-state index contributed by atoms with van der Waals surface area (Å²) in [5.74, 6) is 0.995. The molecule has 0 bridgehead atoms.